The molecular weight excluding hydrogens is 448 g/mol. The second kappa shape index (κ2) is 22.8. The minimum atomic E-state index is 0.331. The van der Waals surface area contributed by atoms with Crippen LogP contribution in [0.1, 0.15) is 97.3 Å². The van der Waals surface area contributed by atoms with Gasteiger partial charge in [-0.2, -0.15) is 0 Å². The maximum atomic E-state index is 8.24. The van der Waals surface area contributed by atoms with Crippen molar-refractivity contribution in [3.63, 3.8) is 0 Å². The zero-order chi connectivity index (χ0) is 27.9. The largest absolute Gasteiger partial charge is 0.396 e. The molecule has 1 heteroatoms. The normalized spacial score (nSPS) is 10.3. The van der Waals surface area contributed by atoms with Crippen LogP contribution in [-0.4, -0.2) is 11.7 Å². The molecule has 0 aliphatic carbocycles. The van der Waals surface area contributed by atoms with Gasteiger partial charge in [0.25, 0.3) is 0 Å². The third kappa shape index (κ3) is 22.5. The van der Waals surface area contributed by atoms with Gasteiger partial charge >= 0.3 is 0 Å². The van der Waals surface area contributed by atoms with Crippen molar-refractivity contribution in [1.82, 2.24) is 0 Å². The second-order valence-corrected chi connectivity index (χ2v) is 11.3. The Morgan fingerprint density at radius 1 is 0.514 bits per heavy atom. The summed E-state index contributed by atoms with van der Waals surface area (Å²) in [6, 6.07) is 31.9. The summed E-state index contributed by atoms with van der Waals surface area (Å²) in [6.45, 7) is 18.0. The van der Waals surface area contributed by atoms with Crippen LogP contribution >= 0.6 is 0 Å². The Balaban J connectivity index is 0.000000480. The molecule has 206 valence electrons. The monoisotopic (exact) mass is 504 g/mol. The molecule has 0 radical (unpaired) electrons. The SMILES string of the molecule is CC(C)CCCc1ccccc1.CC(C)CCO.CC(C)Cc1ccccc1.CC(C)c1ccccc1. The zero-order valence-corrected chi connectivity index (χ0v) is 25.2. The van der Waals surface area contributed by atoms with Gasteiger partial charge in [0.2, 0.25) is 0 Å². The van der Waals surface area contributed by atoms with Gasteiger partial charge in [0.15, 0.2) is 0 Å². The van der Waals surface area contributed by atoms with E-state index in [1.165, 1.54) is 42.4 Å². The molecule has 0 heterocycles. The molecule has 0 atom stereocenters. The molecule has 0 aromatic heterocycles. The lowest BCUT2D eigenvalue weighted by molar-refractivity contribution is 0.268. The molecule has 0 aliphatic rings. The fraction of sp³-hybridized carbons (Fsp3) is 0.500. The van der Waals surface area contributed by atoms with Gasteiger partial charge in [-0.25, -0.2) is 0 Å². The first-order valence-corrected chi connectivity index (χ1v) is 14.4. The molecule has 3 rings (SSSR count). The van der Waals surface area contributed by atoms with E-state index in [2.05, 4.69) is 140 Å². The van der Waals surface area contributed by atoms with Crippen LogP contribution in [-0.2, 0) is 12.8 Å². The standard InChI is InChI=1S/C12H18.C10H14.C9H12.C5H12O/c1-11(2)7-6-10-12-8-4-3-5-9-12;1-9(2)8-10-6-4-3-5-7-10;1-8(2)9-6-4-3-5-7-9;1-5(2)3-4-6/h3-5,8-9,11H,6-7,10H2,1-2H3;3-7,9H,8H2,1-2H3;3-8H,1-2H3;5-6H,3-4H2,1-2H3. The Hall–Kier alpha value is -2.38. The molecule has 0 saturated heterocycles. The third-order valence-electron chi connectivity index (χ3n) is 5.75. The number of rotatable bonds is 9. The van der Waals surface area contributed by atoms with E-state index in [4.69, 9.17) is 5.11 Å². The first-order valence-electron chi connectivity index (χ1n) is 14.4. The highest BCUT2D eigenvalue weighted by Gasteiger charge is 1.96. The highest BCUT2D eigenvalue weighted by atomic mass is 16.3. The Morgan fingerprint density at radius 2 is 0.946 bits per heavy atom. The Morgan fingerprint density at radius 3 is 1.27 bits per heavy atom. The summed E-state index contributed by atoms with van der Waals surface area (Å²) in [5, 5.41) is 8.24. The van der Waals surface area contributed by atoms with Gasteiger partial charge in [-0.3, -0.25) is 0 Å². The van der Waals surface area contributed by atoms with Gasteiger partial charge in [-0.1, -0.05) is 153 Å². The summed E-state index contributed by atoms with van der Waals surface area (Å²) in [7, 11) is 0. The second-order valence-electron chi connectivity index (χ2n) is 11.3. The average Bonchev–Trinajstić information content (AvgIpc) is 2.86. The number of aliphatic hydroxyl groups excluding tert-OH is 1. The van der Waals surface area contributed by atoms with Crippen molar-refractivity contribution in [1.29, 1.82) is 0 Å². The molecular formula is C36H56O. The van der Waals surface area contributed by atoms with E-state index < -0.39 is 0 Å². The molecule has 37 heavy (non-hydrogen) atoms. The topological polar surface area (TPSA) is 20.2 Å². The van der Waals surface area contributed by atoms with Crippen LogP contribution in [0.4, 0.5) is 0 Å². The molecule has 0 fully saturated rings. The quantitative estimate of drug-likeness (QED) is 0.307. The van der Waals surface area contributed by atoms with Crippen molar-refractivity contribution in [2.24, 2.45) is 17.8 Å². The molecule has 3 aromatic carbocycles. The first-order chi connectivity index (χ1) is 17.6. The van der Waals surface area contributed by atoms with E-state index >= 15 is 0 Å². The first kappa shape index (κ1) is 34.6. The van der Waals surface area contributed by atoms with Gasteiger partial charge in [0, 0.05) is 6.61 Å². The number of hydrogen-bond acceptors (Lipinski definition) is 1. The van der Waals surface area contributed by atoms with Crippen LogP contribution in [0.2, 0.25) is 0 Å². The predicted octanol–water partition coefficient (Wildman–Crippen LogP) is 10.4. The van der Waals surface area contributed by atoms with Crippen LogP contribution in [0.25, 0.3) is 0 Å². The average molecular weight is 505 g/mol. The van der Waals surface area contributed by atoms with Gasteiger partial charge in [0.1, 0.15) is 0 Å². The fourth-order valence-corrected chi connectivity index (χ4v) is 3.54. The smallest absolute Gasteiger partial charge is 0.0433 e. The minimum Gasteiger partial charge on any atom is -0.396 e. The van der Waals surface area contributed by atoms with E-state index in [-0.39, 0.29) is 0 Å². The molecule has 0 saturated carbocycles. The summed E-state index contributed by atoms with van der Waals surface area (Å²) >= 11 is 0. The van der Waals surface area contributed by atoms with Gasteiger partial charge in [-0.15, -0.1) is 0 Å². The van der Waals surface area contributed by atoms with E-state index in [1.807, 2.05) is 6.07 Å². The summed E-state index contributed by atoms with van der Waals surface area (Å²) in [6.07, 6.45) is 6.02. The van der Waals surface area contributed by atoms with Crippen LogP contribution in [0.5, 0.6) is 0 Å². The highest BCUT2D eigenvalue weighted by Crippen LogP contribution is 2.12. The highest BCUT2D eigenvalue weighted by molar-refractivity contribution is 5.18. The van der Waals surface area contributed by atoms with Crippen LogP contribution in [0, 0.1) is 17.8 Å². The molecule has 0 bridgehead atoms. The minimum absolute atomic E-state index is 0.331. The maximum absolute atomic E-state index is 8.24. The summed E-state index contributed by atoms with van der Waals surface area (Å²) in [4.78, 5) is 0. The Kier molecular flexibility index (Phi) is 21.3. The Labute approximate surface area is 230 Å². The van der Waals surface area contributed by atoms with Crippen LogP contribution < -0.4 is 0 Å². The molecule has 0 spiro atoms. The predicted molar refractivity (Wildman–Crippen MR) is 166 cm³/mol. The number of aliphatic hydroxyl groups is 1. The third-order valence-corrected chi connectivity index (χ3v) is 5.75. The molecule has 1 N–H and O–H groups in total. The number of hydrogen-bond donors (Lipinski definition) is 1. The number of benzene rings is 3. The van der Waals surface area contributed by atoms with Gasteiger partial charge < -0.3 is 5.11 Å². The molecule has 3 aromatic rings. The summed E-state index contributed by atoms with van der Waals surface area (Å²) < 4.78 is 0. The van der Waals surface area contributed by atoms with Crippen molar-refractivity contribution >= 4 is 0 Å². The van der Waals surface area contributed by atoms with Crippen molar-refractivity contribution in [3.8, 4) is 0 Å². The van der Waals surface area contributed by atoms with Crippen molar-refractivity contribution in [2.45, 2.75) is 93.4 Å². The lowest BCUT2D eigenvalue weighted by Crippen LogP contribution is -1.92. The lowest BCUT2D eigenvalue weighted by atomic mass is 10.0. The molecule has 1 nitrogen and oxygen atoms in total. The van der Waals surface area contributed by atoms with Crippen molar-refractivity contribution < 1.29 is 5.11 Å². The molecule has 0 unspecified atom stereocenters. The van der Waals surface area contributed by atoms with E-state index in [9.17, 15) is 0 Å². The molecule has 0 amide bonds. The zero-order valence-electron chi connectivity index (χ0n) is 25.2. The summed E-state index contributed by atoms with van der Waals surface area (Å²) in [5.74, 6) is 2.91. The van der Waals surface area contributed by atoms with E-state index in [0.29, 0.717) is 18.4 Å². The number of aryl methyl sites for hydroxylation is 1. The van der Waals surface area contributed by atoms with Crippen LogP contribution in [0.3, 0.4) is 0 Å². The van der Waals surface area contributed by atoms with E-state index in [0.717, 1.165) is 18.3 Å². The van der Waals surface area contributed by atoms with E-state index in [1.54, 1.807) is 0 Å². The Bertz CT molecular complexity index is 836. The summed E-state index contributed by atoms with van der Waals surface area (Å²) in [5.41, 5.74) is 4.33. The lowest BCUT2D eigenvalue weighted by Gasteiger charge is -2.03. The van der Waals surface area contributed by atoms with Crippen molar-refractivity contribution in [2.75, 3.05) is 6.61 Å². The van der Waals surface area contributed by atoms with Crippen LogP contribution in [0.15, 0.2) is 91.0 Å². The molecule has 0 aliphatic heterocycles. The van der Waals surface area contributed by atoms with Gasteiger partial charge in [0.05, 0.1) is 0 Å². The van der Waals surface area contributed by atoms with Crippen molar-refractivity contribution in [3.05, 3.63) is 108 Å². The maximum Gasteiger partial charge on any atom is 0.0433 e. The van der Waals surface area contributed by atoms with Gasteiger partial charge in [-0.05, 0) is 66.0 Å². The fourth-order valence-electron chi connectivity index (χ4n) is 3.54.